The number of hydrogen-bond acceptors (Lipinski definition) is 5. The average Bonchev–Trinajstić information content (AvgIpc) is 2.96. The molecule has 2 rings (SSSR count). The number of aromatic carboxylic acids is 1. The molecule has 0 aliphatic rings. The van der Waals surface area contributed by atoms with Crippen LogP contribution in [0.4, 0.5) is 0 Å². The predicted molar refractivity (Wildman–Crippen MR) is 68.4 cm³/mol. The van der Waals surface area contributed by atoms with Crippen molar-refractivity contribution in [1.29, 1.82) is 0 Å². The van der Waals surface area contributed by atoms with Crippen LogP contribution < -0.4 is 5.32 Å². The topological polar surface area (TPSA) is 92.4 Å². The number of carbonyl (C=O) groups is 2. The molecule has 0 fully saturated rings. The minimum atomic E-state index is -1.13. The molecule has 7 heteroatoms. The third kappa shape index (κ3) is 3.00. The minimum Gasteiger partial charge on any atom is -0.478 e. The van der Waals surface area contributed by atoms with Gasteiger partial charge in [0.1, 0.15) is 11.3 Å². The third-order valence-corrected chi connectivity index (χ3v) is 3.52. The van der Waals surface area contributed by atoms with Crippen LogP contribution in [0, 0.1) is 6.92 Å². The van der Waals surface area contributed by atoms with Crippen LogP contribution in [0.2, 0.25) is 0 Å². The molecule has 0 radical (unpaired) electrons. The maximum atomic E-state index is 11.9. The number of nitrogens with one attached hydrogen (secondary N) is 1. The van der Waals surface area contributed by atoms with E-state index >= 15 is 0 Å². The summed E-state index contributed by atoms with van der Waals surface area (Å²) >= 11 is 1.49. The number of aryl methyl sites for hydroxylation is 1. The predicted octanol–water partition coefficient (Wildman–Crippen LogP) is 2.23. The van der Waals surface area contributed by atoms with Crippen molar-refractivity contribution in [3.05, 3.63) is 39.7 Å². The number of rotatable bonds is 4. The highest BCUT2D eigenvalue weighted by molar-refractivity contribution is 7.11. The van der Waals surface area contributed by atoms with Gasteiger partial charge in [-0.2, -0.15) is 0 Å². The lowest BCUT2D eigenvalue weighted by atomic mass is 10.3. The molecule has 0 saturated carbocycles. The van der Waals surface area contributed by atoms with Gasteiger partial charge in [0.15, 0.2) is 5.76 Å². The molecule has 2 N–H and O–H groups in total. The Morgan fingerprint density at radius 1 is 1.53 bits per heavy atom. The number of carboxylic acid groups (broad SMARTS) is 1. The van der Waals surface area contributed by atoms with Gasteiger partial charge in [-0.3, -0.25) is 4.79 Å². The number of thiazole rings is 1. The molecule has 1 amide bonds. The maximum absolute atomic E-state index is 11.9. The highest BCUT2D eigenvalue weighted by Gasteiger charge is 2.18. The van der Waals surface area contributed by atoms with E-state index in [-0.39, 0.29) is 17.4 Å². The Hall–Kier alpha value is -2.15. The lowest BCUT2D eigenvalue weighted by Crippen LogP contribution is -2.26. The van der Waals surface area contributed by atoms with Crippen LogP contribution in [0.5, 0.6) is 0 Å². The number of hydrogen-bond donors (Lipinski definition) is 2. The van der Waals surface area contributed by atoms with E-state index in [1.165, 1.54) is 17.4 Å². The molecule has 0 aromatic carbocycles. The fraction of sp³-hybridized carbons (Fsp3) is 0.250. The summed E-state index contributed by atoms with van der Waals surface area (Å²) in [6, 6.07) is 0.932. The summed E-state index contributed by atoms with van der Waals surface area (Å²) in [5, 5.41) is 12.2. The smallest absolute Gasteiger partial charge is 0.338 e. The van der Waals surface area contributed by atoms with E-state index in [0.29, 0.717) is 0 Å². The molecule has 1 unspecified atom stereocenters. The van der Waals surface area contributed by atoms with Gasteiger partial charge in [0.25, 0.3) is 5.91 Å². The molecule has 0 aliphatic carbocycles. The second-order valence-electron chi connectivity index (χ2n) is 4.01. The Kier molecular flexibility index (Phi) is 3.66. The van der Waals surface area contributed by atoms with Crippen LogP contribution in [-0.4, -0.2) is 22.0 Å². The Balaban J connectivity index is 2.06. The number of carboxylic acids is 1. The number of nitrogens with zero attached hydrogens (tertiary/aromatic N) is 1. The van der Waals surface area contributed by atoms with Crippen molar-refractivity contribution in [3.8, 4) is 0 Å². The summed E-state index contributed by atoms with van der Waals surface area (Å²) in [4.78, 5) is 27.8. The zero-order valence-corrected chi connectivity index (χ0v) is 11.2. The first-order valence-corrected chi connectivity index (χ1v) is 6.34. The van der Waals surface area contributed by atoms with E-state index in [1.807, 2.05) is 6.92 Å². The van der Waals surface area contributed by atoms with Crippen LogP contribution in [0.15, 0.2) is 22.9 Å². The summed E-state index contributed by atoms with van der Waals surface area (Å²) in [7, 11) is 0. The van der Waals surface area contributed by atoms with Crippen LogP contribution in [0.1, 0.15) is 43.8 Å². The molecule has 0 spiro atoms. The van der Waals surface area contributed by atoms with Crippen molar-refractivity contribution in [2.75, 3.05) is 0 Å². The van der Waals surface area contributed by atoms with Gasteiger partial charge in [-0.15, -0.1) is 11.3 Å². The first-order chi connectivity index (χ1) is 8.97. The molecule has 0 saturated heterocycles. The first-order valence-electron chi connectivity index (χ1n) is 5.52. The second-order valence-corrected chi connectivity index (χ2v) is 5.28. The Morgan fingerprint density at radius 2 is 2.26 bits per heavy atom. The van der Waals surface area contributed by atoms with Gasteiger partial charge in [-0.05, 0) is 13.8 Å². The van der Waals surface area contributed by atoms with Crippen molar-refractivity contribution >= 4 is 23.2 Å². The summed E-state index contributed by atoms with van der Waals surface area (Å²) in [5.74, 6) is -1.63. The summed E-state index contributed by atoms with van der Waals surface area (Å²) in [6.45, 7) is 3.73. The minimum absolute atomic E-state index is 0.0301. The van der Waals surface area contributed by atoms with Gasteiger partial charge < -0.3 is 14.8 Å². The summed E-state index contributed by atoms with van der Waals surface area (Å²) in [5.41, 5.74) is -0.0529. The van der Waals surface area contributed by atoms with E-state index in [1.54, 1.807) is 13.1 Å². The zero-order chi connectivity index (χ0) is 14.0. The summed E-state index contributed by atoms with van der Waals surface area (Å²) < 4.78 is 4.92. The molecule has 2 heterocycles. The lowest BCUT2D eigenvalue weighted by molar-refractivity contribution is 0.0695. The molecule has 6 nitrogen and oxygen atoms in total. The SMILES string of the molecule is Cc1cnc(C(C)NC(=O)c2cc(C(=O)O)co2)s1. The van der Waals surface area contributed by atoms with Crippen molar-refractivity contribution in [2.24, 2.45) is 0 Å². The third-order valence-electron chi connectivity index (χ3n) is 2.43. The van der Waals surface area contributed by atoms with E-state index in [0.717, 1.165) is 16.1 Å². The average molecular weight is 280 g/mol. The molecular formula is C12H12N2O4S. The van der Waals surface area contributed by atoms with E-state index < -0.39 is 11.9 Å². The van der Waals surface area contributed by atoms with Crippen LogP contribution >= 0.6 is 11.3 Å². The maximum Gasteiger partial charge on any atom is 0.338 e. The van der Waals surface area contributed by atoms with Crippen LogP contribution in [-0.2, 0) is 0 Å². The molecule has 19 heavy (non-hydrogen) atoms. The van der Waals surface area contributed by atoms with E-state index in [9.17, 15) is 9.59 Å². The fourth-order valence-electron chi connectivity index (χ4n) is 1.47. The summed E-state index contributed by atoms with van der Waals surface area (Å²) in [6.07, 6.45) is 2.77. The molecule has 1 atom stereocenters. The molecule has 2 aromatic rings. The second kappa shape index (κ2) is 5.23. The van der Waals surface area contributed by atoms with Crippen LogP contribution in [0.25, 0.3) is 0 Å². The quantitative estimate of drug-likeness (QED) is 0.896. The monoisotopic (exact) mass is 280 g/mol. The molecular weight excluding hydrogens is 268 g/mol. The van der Waals surface area contributed by atoms with E-state index in [2.05, 4.69) is 10.3 Å². The van der Waals surface area contributed by atoms with Crippen LogP contribution in [0.3, 0.4) is 0 Å². The molecule has 2 aromatic heterocycles. The number of amides is 1. The molecule has 0 aliphatic heterocycles. The standard InChI is InChI=1S/C12H12N2O4S/c1-6-4-13-11(19-6)7(2)14-10(15)9-3-8(5-18-9)12(16)17/h3-5,7H,1-2H3,(H,14,15)(H,16,17). The Bertz CT molecular complexity index is 617. The lowest BCUT2D eigenvalue weighted by Gasteiger charge is -2.09. The number of carbonyl (C=O) groups excluding carboxylic acids is 1. The Morgan fingerprint density at radius 3 is 2.79 bits per heavy atom. The number of furan rings is 1. The highest BCUT2D eigenvalue weighted by atomic mass is 32.1. The van der Waals surface area contributed by atoms with Gasteiger partial charge in [0.05, 0.1) is 11.6 Å². The first kappa shape index (κ1) is 13.3. The van der Waals surface area contributed by atoms with E-state index in [4.69, 9.17) is 9.52 Å². The normalized spacial score (nSPS) is 12.1. The van der Waals surface area contributed by atoms with Gasteiger partial charge in [-0.1, -0.05) is 0 Å². The van der Waals surface area contributed by atoms with Crippen molar-refractivity contribution < 1.29 is 19.1 Å². The van der Waals surface area contributed by atoms with Gasteiger partial charge in [-0.25, -0.2) is 9.78 Å². The fourth-order valence-corrected chi connectivity index (χ4v) is 2.25. The Labute approximate surface area is 113 Å². The van der Waals surface area contributed by atoms with Gasteiger partial charge in [0.2, 0.25) is 0 Å². The van der Waals surface area contributed by atoms with Crippen molar-refractivity contribution in [1.82, 2.24) is 10.3 Å². The zero-order valence-electron chi connectivity index (χ0n) is 10.3. The highest BCUT2D eigenvalue weighted by Crippen LogP contribution is 2.19. The van der Waals surface area contributed by atoms with Crippen molar-refractivity contribution in [2.45, 2.75) is 19.9 Å². The molecule has 100 valence electrons. The number of aromatic nitrogens is 1. The van der Waals surface area contributed by atoms with Gasteiger partial charge in [0, 0.05) is 17.1 Å². The largest absolute Gasteiger partial charge is 0.478 e. The molecule has 0 bridgehead atoms. The van der Waals surface area contributed by atoms with Crippen molar-refractivity contribution in [3.63, 3.8) is 0 Å². The van der Waals surface area contributed by atoms with Gasteiger partial charge >= 0.3 is 5.97 Å².